The second-order valence-electron chi connectivity index (χ2n) is 4.46. The summed E-state index contributed by atoms with van der Waals surface area (Å²) in [5.41, 5.74) is 1.03. The first-order chi connectivity index (χ1) is 9.70. The van der Waals surface area contributed by atoms with E-state index in [0.29, 0.717) is 43.2 Å². The molecule has 2 N–H and O–H groups in total. The lowest BCUT2D eigenvalue weighted by Crippen LogP contribution is -2.25. The van der Waals surface area contributed by atoms with Crippen LogP contribution in [-0.4, -0.2) is 38.7 Å². The van der Waals surface area contributed by atoms with E-state index in [1.165, 1.54) is 0 Å². The molecule has 0 atom stereocenters. The standard InChI is InChI=1S/C14H18N2O4/c1-19-7-2-6-15-14(18)10-3-4-12-11(9-10)16-13(17)5-8-20-12/h3-4,9H,2,5-8H2,1H3,(H,15,18)(H,16,17). The zero-order valence-electron chi connectivity index (χ0n) is 11.4. The molecule has 2 amide bonds. The molecule has 6 heteroatoms. The number of fused-ring (bicyclic) bond motifs is 1. The Morgan fingerprint density at radius 2 is 2.35 bits per heavy atom. The normalized spacial score (nSPS) is 13.8. The monoisotopic (exact) mass is 278 g/mol. The van der Waals surface area contributed by atoms with Crippen LogP contribution in [0.25, 0.3) is 0 Å². The molecule has 0 aliphatic carbocycles. The van der Waals surface area contributed by atoms with E-state index in [0.717, 1.165) is 6.42 Å². The summed E-state index contributed by atoms with van der Waals surface area (Å²) >= 11 is 0. The Labute approximate surface area is 117 Å². The molecule has 0 aromatic heterocycles. The van der Waals surface area contributed by atoms with Crippen LogP contribution in [0.3, 0.4) is 0 Å². The number of nitrogens with one attached hydrogen (secondary N) is 2. The van der Waals surface area contributed by atoms with Crippen molar-refractivity contribution in [2.75, 3.05) is 32.2 Å². The molecule has 1 heterocycles. The van der Waals surface area contributed by atoms with Crippen LogP contribution in [0.4, 0.5) is 5.69 Å². The highest BCUT2D eigenvalue weighted by Crippen LogP contribution is 2.27. The van der Waals surface area contributed by atoms with E-state index in [4.69, 9.17) is 9.47 Å². The summed E-state index contributed by atoms with van der Waals surface area (Å²) in [6.07, 6.45) is 1.07. The van der Waals surface area contributed by atoms with Gasteiger partial charge in [-0.3, -0.25) is 9.59 Å². The van der Waals surface area contributed by atoms with Crippen molar-refractivity contribution in [2.45, 2.75) is 12.8 Å². The molecule has 0 radical (unpaired) electrons. The summed E-state index contributed by atoms with van der Waals surface area (Å²) in [6.45, 7) is 1.50. The maximum atomic E-state index is 12.0. The summed E-state index contributed by atoms with van der Waals surface area (Å²) in [5, 5.41) is 5.53. The van der Waals surface area contributed by atoms with E-state index in [2.05, 4.69) is 10.6 Å². The maximum absolute atomic E-state index is 12.0. The van der Waals surface area contributed by atoms with Crippen molar-refractivity contribution in [3.8, 4) is 5.75 Å². The van der Waals surface area contributed by atoms with Crippen molar-refractivity contribution in [2.24, 2.45) is 0 Å². The van der Waals surface area contributed by atoms with E-state index in [1.807, 2.05) is 0 Å². The lowest BCUT2D eigenvalue weighted by atomic mass is 10.1. The lowest BCUT2D eigenvalue weighted by Gasteiger charge is -2.10. The Hall–Kier alpha value is -2.08. The van der Waals surface area contributed by atoms with E-state index in [1.54, 1.807) is 25.3 Å². The maximum Gasteiger partial charge on any atom is 0.251 e. The molecule has 2 rings (SSSR count). The number of methoxy groups -OCH3 is 1. The van der Waals surface area contributed by atoms with Crippen LogP contribution in [0.1, 0.15) is 23.2 Å². The topological polar surface area (TPSA) is 76.7 Å². The van der Waals surface area contributed by atoms with Gasteiger partial charge < -0.3 is 20.1 Å². The first-order valence-corrected chi connectivity index (χ1v) is 6.54. The van der Waals surface area contributed by atoms with Crippen LogP contribution in [-0.2, 0) is 9.53 Å². The van der Waals surface area contributed by atoms with Gasteiger partial charge in [0.25, 0.3) is 5.91 Å². The smallest absolute Gasteiger partial charge is 0.251 e. The number of carbonyl (C=O) groups excluding carboxylic acids is 2. The van der Waals surface area contributed by atoms with Crippen molar-refractivity contribution in [3.05, 3.63) is 23.8 Å². The average Bonchev–Trinajstić information content (AvgIpc) is 2.63. The Bertz CT molecular complexity index is 502. The van der Waals surface area contributed by atoms with Crippen molar-refractivity contribution < 1.29 is 19.1 Å². The second-order valence-corrected chi connectivity index (χ2v) is 4.46. The molecule has 1 aliphatic rings. The van der Waals surface area contributed by atoms with E-state index in [9.17, 15) is 9.59 Å². The fourth-order valence-electron chi connectivity index (χ4n) is 1.88. The number of ether oxygens (including phenoxy) is 2. The summed E-state index contributed by atoms with van der Waals surface area (Å²) in [6, 6.07) is 5.01. The van der Waals surface area contributed by atoms with Gasteiger partial charge in [0, 0.05) is 25.8 Å². The zero-order chi connectivity index (χ0) is 14.4. The largest absolute Gasteiger partial charge is 0.491 e. The summed E-state index contributed by atoms with van der Waals surface area (Å²) in [4.78, 5) is 23.4. The number of amides is 2. The molecule has 0 bridgehead atoms. The second kappa shape index (κ2) is 6.91. The van der Waals surface area contributed by atoms with Crippen molar-refractivity contribution >= 4 is 17.5 Å². The van der Waals surface area contributed by atoms with Crippen LogP contribution >= 0.6 is 0 Å². The van der Waals surface area contributed by atoms with Gasteiger partial charge in [-0.15, -0.1) is 0 Å². The van der Waals surface area contributed by atoms with Gasteiger partial charge >= 0.3 is 0 Å². The molecular formula is C14H18N2O4. The minimum absolute atomic E-state index is 0.110. The lowest BCUT2D eigenvalue weighted by molar-refractivity contribution is -0.116. The minimum Gasteiger partial charge on any atom is -0.491 e. The number of rotatable bonds is 5. The van der Waals surface area contributed by atoms with E-state index < -0.39 is 0 Å². The van der Waals surface area contributed by atoms with Gasteiger partial charge in [0.1, 0.15) is 5.75 Å². The molecule has 0 spiro atoms. The molecule has 6 nitrogen and oxygen atoms in total. The highest BCUT2D eigenvalue weighted by Gasteiger charge is 2.15. The molecular weight excluding hydrogens is 260 g/mol. The third-order valence-electron chi connectivity index (χ3n) is 2.91. The number of hydrogen-bond acceptors (Lipinski definition) is 4. The summed E-state index contributed by atoms with van der Waals surface area (Å²) < 4.78 is 10.3. The molecule has 108 valence electrons. The molecule has 1 aromatic rings. The Morgan fingerprint density at radius 1 is 1.50 bits per heavy atom. The van der Waals surface area contributed by atoms with E-state index in [-0.39, 0.29) is 11.8 Å². The summed E-state index contributed by atoms with van der Waals surface area (Å²) in [5.74, 6) is 0.301. The predicted molar refractivity (Wildman–Crippen MR) is 74.0 cm³/mol. The van der Waals surface area contributed by atoms with Crippen molar-refractivity contribution in [1.82, 2.24) is 5.32 Å². The van der Waals surface area contributed by atoms with Gasteiger partial charge in [0.15, 0.2) is 0 Å². The molecule has 1 aromatic carbocycles. The minimum atomic E-state index is -0.178. The Morgan fingerprint density at radius 3 is 3.15 bits per heavy atom. The average molecular weight is 278 g/mol. The van der Waals surface area contributed by atoms with Crippen LogP contribution in [0.2, 0.25) is 0 Å². The molecule has 1 aliphatic heterocycles. The van der Waals surface area contributed by atoms with Gasteiger partial charge in [-0.1, -0.05) is 0 Å². The van der Waals surface area contributed by atoms with Gasteiger partial charge in [-0.25, -0.2) is 0 Å². The fraction of sp³-hybridized carbons (Fsp3) is 0.429. The summed E-state index contributed by atoms with van der Waals surface area (Å²) in [7, 11) is 1.62. The number of carbonyl (C=O) groups is 2. The van der Waals surface area contributed by atoms with Gasteiger partial charge in [-0.05, 0) is 24.6 Å². The first-order valence-electron chi connectivity index (χ1n) is 6.54. The van der Waals surface area contributed by atoms with Crippen molar-refractivity contribution in [3.63, 3.8) is 0 Å². The quantitative estimate of drug-likeness (QED) is 0.793. The van der Waals surface area contributed by atoms with Crippen LogP contribution in [0.5, 0.6) is 5.75 Å². The highest BCUT2D eigenvalue weighted by molar-refractivity contribution is 5.98. The van der Waals surface area contributed by atoms with E-state index >= 15 is 0 Å². The van der Waals surface area contributed by atoms with Crippen LogP contribution < -0.4 is 15.4 Å². The predicted octanol–water partition coefficient (Wildman–Crippen LogP) is 1.17. The molecule has 0 saturated heterocycles. The van der Waals surface area contributed by atoms with Crippen LogP contribution in [0, 0.1) is 0 Å². The fourth-order valence-corrected chi connectivity index (χ4v) is 1.88. The third kappa shape index (κ3) is 3.71. The number of hydrogen-bond donors (Lipinski definition) is 2. The molecule has 20 heavy (non-hydrogen) atoms. The molecule has 0 fully saturated rings. The van der Waals surface area contributed by atoms with Gasteiger partial charge in [-0.2, -0.15) is 0 Å². The Kier molecular flexibility index (Phi) is 4.95. The zero-order valence-corrected chi connectivity index (χ0v) is 11.4. The number of benzene rings is 1. The SMILES string of the molecule is COCCCNC(=O)c1ccc2c(c1)NC(=O)CCO2. The Balaban J connectivity index is 2.02. The van der Waals surface area contributed by atoms with Gasteiger partial charge in [0.2, 0.25) is 5.91 Å². The molecule has 0 unspecified atom stereocenters. The molecule has 0 saturated carbocycles. The van der Waals surface area contributed by atoms with Crippen LogP contribution in [0.15, 0.2) is 18.2 Å². The highest BCUT2D eigenvalue weighted by atomic mass is 16.5. The third-order valence-corrected chi connectivity index (χ3v) is 2.91. The number of anilines is 1. The first kappa shape index (κ1) is 14.3. The van der Waals surface area contributed by atoms with Crippen molar-refractivity contribution in [1.29, 1.82) is 0 Å². The van der Waals surface area contributed by atoms with Gasteiger partial charge in [0.05, 0.1) is 18.7 Å².